The Morgan fingerprint density at radius 1 is 1.16 bits per heavy atom. The lowest BCUT2D eigenvalue weighted by Crippen LogP contribution is -2.63. The van der Waals surface area contributed by atoms with E-state index in [1.165, 1.54) is 6.07 Å². The van der Waals surface area contributed by atoms with Gasteiger partial charge in [-0.05, 0) is 86.6 Å². The van der Waals surface area contributed by atoms with Crippen molar-refractivity contribution in [3.63, 3.8) is 0 Å². The van der Waals surface area contributed by atoms with Crippen molar-refractivity contribution in [2.24, 2.45) is 5.92 Å². The summed E-state index contributed by atoms with van der Waals surface area (Å²) in [7, 11) is 0. The first-order chi connectivity index (χ1) is 24.8. The number of hydrogen-bond acceptors (Lipinski definition) is 9. The Labute approximate surface area is 294 Å². The third-order valence-corrected chi connectivity index (χ3v) is 12.1. The zero-order valence-corrected chi connectivity index (χ0v) is 28.4. The van der Waals surface area contributed by atoms with E-state index in [2.05, 4.69) is 26.0 Å². The predicted molar refractivity (Wildman–Crippen MR) is 190 cm³/mol. The van der Waals surface area contributed by atoms with Gasteiger partial charge in [-0.1, -0.05) is 12.0 Å². The predicted octanol–water partition coefficient (Wildman–Crippen LogP) is 5.89. The van der Waals surface area contributed by atoms with E-state index in [4.69, 9.17) is 31.6 Å². The fraction of sp³-hybridized carbons (Fsp3) is 0.462. The third-order valence-electron chi connectivity index (χ3n) is 12.1. The third kappa shape index (κ3) is 5.31. The van der Waals surface area contributed by atoms with Crippen molar-refractivity contribution in [3.05, 3.63) is 59.6 Å². The standard InChI is InChI=1S/C39H40F3N7O2/c1-2-28-31(41)5-4-24-14-26(43)15-29(32(24)28)34-33(42)35-30(18-44-34)36(48-20-27-6-10-39(21-48,47-27)25-7-12-50-13-8-25)46-37(45-35)51-22-38-9-3-11-49(38)19-23(16-38)17-40/h1,4-5,14-15,17-18,25,27,47H,3,6-13,16,19-22,43H2/b23-17-/t27-,38-,39+/m0/s1. The molecule has 9 rings (SSSR count). The highest BCUT2D eigenvalue weighted by Gasteiger charge is 2.50. The van der Waals surface area contributed by atoms with Gasteiger partial charge in [0.1, 0.15) is 29.5 Å². The summed E-state index contributed by atoms with van der Waals surface area (Å²) < 4.78 is 58.0. The van der Waals surface area contributed by atoms with E-state index in [9.17, 15) is 8.78 Å². The number of fused-ring (bicyclic) bond motifs is 5. The molecule has 0 amide bonds. The Hall–Kier alpha value is -4.44. The minimum absolute atomic E-state index is 0.00420. The van der Waals surface area contributed by atoms with E-state index < -0.39 is 11.6 Å². The topological polar surface area (TPSA) is 102 Å². The highest BCUT2D eigenvalue weighted by molar-refractivity contribution is 6.03. The van der Waals surface area contributed by atoms with Crippen LogP contribution in [0.5, 0.6) is 6.01 Å². The maximum Gasteiger partial charge on any atom is 0.319 e. The number of piperazine rings is 1. The van der Waals surface area contributed by atoms with E-state index in [-0.39, 0.29) is 52.1 Å². The van der Waals surface area contributed by atoms with Crippen LogP contribution in [-0.2, 0) is 4.74 Å². The molecule has 2 bridgehead atoms. The monoisotopic (exact) mass is 695 g/mol. The Balaban J connectivity index is 1.18. The summed E-state index contributed by atoms with van der Waals surface area (Å²) >= 11 is 0. The molecule has 5 saturated heterocycles. The van der Waals surface area contributed by atoms with Crippen LogP contribution >= 0.6 is 0 Å². The molecule has 2 aromatic heterocycles. The van der Waals surface area contributed by atoms with Crippen LogP contribution in [0.2, 0.25) is 0 Å². The van der Waals surface area contributed by atoms with Crippen molar-refractivity contribution in [3.8, 4) is 29.6 Å². The molecule has 12 heteroatoms. The lowest BCUT2D eigenvalue weighted by atomic mass is 9.77. The van der Waals surface area contributed by atoms with Gasteiger partial charge in [0.2, 0.25) is 0 Å². The first-order valence-electron chi connectivity index (χ1n) is 17.9. The minimum Gasteiger partial charge on any atom is -0.461 e. The first-order valence-corrected chi connectivity index (χ1v) is 17.9. The van der Waals surface area contributed by atoms with E-state index >= 15 is 4.39 Å². The molecule has 0 spiro atoms. The molecule has 5 aliphatic rings. The number of halogens is 3. The molecule has 9 nitrogen and oxygen atoms in total. The Morgan fingerprint density at radius 3 is 2.84 bits per heavy atom. The number of pyridine rings is 1. The normalized spacial score (nSPS) is 27.5. The van der Waals surface area contributed by atoms with Crippen LogP contribution in [0, 0.1) is 29.9 Å². The van der Waals surface area contributed by atoms with Crippen molar-refractivity contribution in [1.29, 1.82) is 0 Å². The molecule has 5 aliphatic heterocycles. The zero-order valence-electron chi connectivity index (χ0n) is 28.4. The molecule has 4 aromatic rings. The summed E-state index contributed by atoms with van der Waals surface area (Å²) in [5, 5.41) is 5.32. The lowest BCUT2D eigenvalue weighted by molar-refractivity contribution is 0.0308. The van der Waals surface area contributed by atoms with Gasteiger partial charge < -0.3 is 25.4 Å². The van der Waals surface area contributed by atoms with E-state index in [0.29, 0.717) is 66.0 Å². The summed E-state index contributed by atoms with van der Waals surface area (Å²) in [6.07, 6.45) is 14.5. The number of nitrogen functional groups attached to an aromatic ring is 1. The van der Waals surface area contributed by atoms with Gasteiger partial charge in [0, 0.05) is 67.3 Å². The number of nitrogens with zero attached hydrogens (tertiary/aromatic N) is 5. The molecule has 5 fully saturated rings. The molecule has 2 aromatic carbocycles. The number of aromatic nitrogens is 3. The molecule has 3 atom stereocenters. The largest absolute Gasteiger partial charge is 0.461 e. The molecular weight excluding hydrogens is 655 g/mol. The summed E-state index contributed by atoms with van der Waals surface area (Å²) in [6, 6.07) is 6.39. The van der Waals surface area contributed by atoms with Gasteiger partial charge in [0.15, 0.2) is 5.82 Å². The molecule has 3 N–H and O–H groups in total. The fourth-order valence-corrected chi connectivity index (χ4v) is 9.74. The van der Waals surface area contributed by atoms with Crippen LogP contribution in [0.3, 0.4) is 0 Å². The van der Waals surface area contributed by atoms with Gasteiger partial charge in [-0.2, -0.15) is 9.97 Å². The summed E-state index contributed by atoms with van der Waals surface area (Å²) in [6.45, 7) is 4.54. The average molecular weight is 696 g/mol. The first kappa shape index (κ1) is 32.5. The number of nitrogens with two attached hydrogens (primary N) is 1. The zero-order chi connectivity index (χ0) is 34.9. The Bertz CT molecular complexity index is 2130. The number of hydrogen-bond donors (Lipinski definition) is 2. The second kappa shape index (κ2) is 12.4. The van der Waals surface area contributed by atoms with Crippen molar-refractivity contribution in [1.82, 2.24) is 25.2 Å². The van der Waals surface area contributed by atoms with Crippen LogP contribution in [0.4, 0.5) is 24.7 Å². The summed E-state index contributed by atoms with van der Waals surface area (Å²) in [5.74, 6) is 2.13. The molecule has 7 heterocycles. The molecule has 264 valence electrons. The van der Waals surface area contributed by atoms with Gasteiger partial charge in [-0.15, -0.1) is 6.42 Å². The number of ether oxygens (including phenoxy) is 2. The second-order valence-electron chi connectivity index (χ2n) is 15.0. The maximum absolute atomic E-state index is 17.2. The molecule has 0 unspecified atom stereocenters. The van der Waals surface area contributed by atoms with Crippen molar-refractivity contribution in [2.75, 3.05) is 56.6 Å². The van der Waals surface area contributed by atoms with Crippen molar-refractivity contribution >= 4 is 33.2 Å². The van der Waals surface area contributed by atoms with Crippen LogP contribution in [0.25, 0.3) is 32.9 Å². The summed E-state index contributed by atoms with van der Waals surface area (Å²) in [5.41, 5.74) is 7.16. The Morgan fingerprint density at radius 2 is 2.02 bits per heavy atom. The van der Waals surface area contributed by atoms with Crippen LogP contribution < -0.4 is 20.7 Å². The van der Waals surface area contributed by atoms with Gasteiger partial charge in [0.25, 0.3) is 0 Å². The van der Waals surface area contributed by atoms with E-state index in [0.717, 1.165) is 63.9 Å². The van der Waals surface area contributed by atoms with Crippen LogP contribution in [0.15, 0.2) is 42.4 Å². The molecule has 0 radical (unpaired) electrons. The highest BCUT2D eigenvalue weighted by atomic mass is 19.1. The highest BCUT2D eigenvalue weighted by Crippen LogP contribution is 2.45. The van der Waals surface area contributed by atoms with E-state index in [1.54, 1.807) is 24.4 Å². The number of rotatable bonds is 6. The smallest absolute Gasteiger partial charge is 0.319 e. The molecule has 0 aliphatic carbocycles. The Kier molecular flexibility index (Phi) is 7.87. The van der Waals surface area contributed by atoms with Gasteiger partial charge >= 0.3 is 6.01 Å². The number of benzene rings is 2. The minimum atomic E-state index is -0.707. The average Bonchev–Trinajstić information content (AvgIpc) is 3.81. The van der Waals surface area contributed by atoms with Gasteiger partial charge in [-0.25, -0.2) is 13.2 Å². The van der Waals surface area contributed by atoms with Crippen molar-refractivity contribution < 1.29 is 22.6 Å². The number of nitrogens with one attached hydrogen (secondary N) is 1. The van der Waals surface area contributed by atoms with Gasteiger partial charge in [-0.3, -0.25) is 9.88 Å². The van der Waals surface area contributed by atoms with Crippen LogP contribution in [-0.4, -0.2) is 83.0 Å². The van der Waals surface area contributed by atoms with Crippen LogP contribution in [0.1, 0.15) is 50.5 Å². The van der Waals surface area contributed by atoms with Gasteiger partial charge in [0.05, 0.1) is 22.8 Å². The molecule has 51 heavy (non-hydrogen) atoms. The number of terminal acetylenes is 1. The summed E-state index contributed by atoms with van der Waals surface area (Å²) in [4.78, 5) is 18.8. The molecule has 0 saturated carbocycles. The maximum atomic E-state index is 17.2. The quantitative estimate of drug-likeness (QED) is 0.189. The number of anilines is 2. The second-order valence-corrected chi connectivity index (χ2v) is 15.0. The SMILES string of the molecule is C#Cc1c(F)ccc2cc(N)cc(-c3ncc4c(N5C[C@@H]6CC[C@](C7CCOCC7)(C5)N6)nc(OC[C@@]56CCCN5C/C(=C\F)C6)nc4c3F)c12. The van der Waals surface area contributed by atoms with Crippen molar-refractivity contribution in [2.45, 2.75) is 62.1 Å². The fourth-order valence-electron chi connectivity index (χ4n) is 9.74. The lowest BCUT2D eigenvalue weighted by Gasteiger charge is -2.47. The molecular formula is C39H40F3N7O2. The van der Waals surface area contributed by atoms with E-state index in [1.807, 2.05) is 0 Å².